The van der Waals surface area contributed by atoms with E-state index in [1.54, 1.807) is 6.26 Å². The molecule has 0 radical (unpaired) electrons. The molecule has 1 rings (SSSR count). The highest BCUT2D eigenvalue weighted by molar-refractivity contribution is 4.99. The summed E-state index contributed by atoms with van der Waals surface area (Å²) < 4.78 is 4.99. The van der Waals surface area contributed by atoms with Crippen molar-refractivity contribution in [2.24, 2.45) is 0 Å². The van der Waals surface area contributed by atoms with Crippen LogP contribution in [0.15, 0.2) is 22.8 Å². The second-order valence-corrected chi connectivity index (χ2v) is 1.71. The fraction of sp³-hybridized carbons (Fsp3) is 0.286. The van der Waals surface area contributed by atoms with Gasteiger partial charge in [0.05, 0.1) is 12.7 Å². The van der Waals surface area contributed by atoms with Crippen LogP contribution in [0.5, 0.6) is 0 Å². The maximum absolute atomic E-state index is 6.49. The molecule has 2 heteroatoms. The summed E-state index contributed by atoms with van der Waals surface area (Å²) in [6, 6.07) is 3.71. The molecule has 1 heterocycles. The van der Waals surface area contributed by atoms with E-state index in [-0.39, 0.29) is 0 Å². The average Bonchev–Trinajstić information content (AvgIpc) is 2.34. The minimum atomic E-state index is 0.521. The van der Waals surface area contributed by atoms with Gasteiger partial charge in [-0.3, -0.25) is 0 Å². The first-order valence-corrected chi connectivity index (χ1v) is 2.79. The maximum Gasteiger partial charge on any atom is 0.221 e. The second-order valence-electron chi connectivity index (χ2n) is 1.71. The van der Waals surface area contributed by atoms with Crippen molar-refractivity contribution in [3.63, 3.8) is 0 Å². The molecule has 0 atom stereocenters. The van der Waals surface area contributed by atoms with Crippen LogP contribution in [0.3, 0.4) is 0 Å². The van der Waals surface area contributed by atoms with Crippen molar-refractivity contribution in [3.05, 3.63) is 35.6 Å². The van der Waals surface area contributed by atoms with E-state index in [1.165, 1.54) is 0 Å². The second kappa shape index (κ2) is 2.93. The largest absolute Gasteiger partial charge is 0.469 e. The van der Waals surface area contributed by atoms with Crippen molar-refractivity contribution in [1.82, 2.24) is 0 Å². The van der Waals surface area contributed by atoms with Gasteiger partial charge in [-0.1, -0.05) is 0 Å². The molecular weight excluding hydrogens is 114 g/mol. The van der Waals surface area contributed by atoms with Crippen molar-refractivity contribution < 1.29 is 4.42 Å². The summed E-state index contributed by atoms with van der Waals surface area (Å²) in [5.74, 6) is 0.894. The molecule has 0 aliphatic heterocycles. The molecule has 0 unspecified atom stereocenters. The number of hydrogen-bond acceptors (Lipinski definition) is 1. The molecule has 9 heavy (non-hydrogen) atoms. The first-order chi connectivity index (χ1) is 4.43. The summed E-state index contributed by atoms with van der Waals surface area (Å²) in [7, 11) is 0. The van der Waals surface area contributed by atoms with E-state index in [0.29, 0.717) is 6.54 Å². The summed E-state index contributed by atoms with van der Waals surface area (Å²) in [4.78, 5) is 3.20. The zero-order chi connectivity index (χ0) is 6.53. The summed E-state index contributed by atoms with van der Waals surface area (Å²) >= 11 is 0. The molecule has 0 aliphatic rings. The van der Waals surface area contributed by atoms with Crippen LogP contribution in [-0.4, -0.2) is 6.54 Å². The van der Waals surface area contributed by atoms with E-state index in [4.69, 9.17) is 11.0 Å². The lowest BCUT2D eigenvalue weighted by Gasteiger charge is -1.82. The van der Waals surface area contributed by atoms with Gasteiger partial charge in [0.15, 0.2) is 0 Å². The summed E-state index contributed by atoms with van der Waals surface area (Å²) in [5, 5.41) is 0. The van der Waals surface area contributed by atoms with E-state index in [0.717, 1.165) is 12.2 Å². The minimum Gasteiger partial charge on any atom is -0.469 e. The van der Waals surface area contributed by atoms with Gasteiger partial charge in [-0.15, -0.1) is 0 Å². The Hall–Kier alpha value is -1.23. The van der Waals surface area contributed by atoms with Crippen LogP contribution in [0.25, 0.3) is 4.85 Å². The average molecular weight is 121 g/mol. The van der Waals surface area contributed by atoms with Gasteiger partial charge in [-0.25, -0.2) is 6.57 Å². The van der Waals surface area contributed by atoms with E-state index >= 15 is 0 Å². The van der Waals surface area contributed by atoms with Crippen LogP contribution in [0, 0.1) is 6.57 Å². The monoisotopic (exact) mass is 121 g/mol. The molecule has 46 valence electrons. The summed E-state index contributed by atoms with van der Waals surface area (Å²) in [6.45, 7) is 7.01. The summed E-state index contributed by atoms with van der Waals surface area (Å²) in [6.07, 6.45) is 2.36. The molecule has 1 aromatic heterocycles. The topological polar surface area (TPSA) is 17.5 Å². The molecule has 0 saturated carbocycles. The quantitative estimate of drug-likeness (QED) is 0.545. The van der Waals surface area contributed by atoms with Gasteiger partial charge in [0.2, 0.25) is 6.54 Å². The number of nitrogens with zero attached hydrogens (tertiary/aromatic N) is 1. The minimum absolute atomic E-state index is 0.521. The first-order valence-electron chi connectivity index (χ1n) is 2.79. The molecule has 0 saturated heterocycles. The zero-order valence-electron chi connectivity index (χ0n) is 5.00. The molecule has 0 spiro atoms. The van der Waals surface area contributed by atoms with Gasteiger partial charge < -0.3 is 9.26 Å². The Morgan fingerprint density at radius 2 is 2.56 bits per heavy atom. The van der Waals surface area contributed by atoms with Crippen LogP contribution in [0.2, 0.25) is 0 Å². The van der Waals surface area contributed by atoms with Gasteiger partial charge in [-0.2, -0.15) is 0 Å². The number of hydrogen-bond donors (Lipinski definition) is 0. The highest BCUT2D eigenvalue weighted by atomic mass is 16.3. The lowest BCUT2D eigenvalue weighted by Crippen LogP contribution is -1.81. The van der Waals surface area contributed by atoms with E-state index < -0.39 is 0 Å². The Morgan fingerprint density at radius 1 is 1.67 bits per heavy atom. The molecule has 0 bridgehead atoms. The van der Waals surface area contributed by atoms with Crippen LogP contribution in [0.4, 0.5) is 0 Å². The third kappa shape index (κ3) is 1.61. The van der Waals surface area contributed by atoms with Crippen molar-refractivity contribution >= 4 is 0 Å². The van der Waals surface area contributed by atoms with Crippen molar-refractivity contribution in [3.8, 4) is 0 Å². The fourth-order valence-corrected chi connectivity index (χ4v) is 0.621. The Morgan fingerprint density at radius 3 is 3.11 bits per heavy atom. The lowest BCUT2D eigenvalue weighted by atomic mass is 10.3. The molecule has 0 fully saturated rings. The van der Waals surface area contributed by atoms with E-state index in [2.05, 4.69) is 4.85 Å². The van der Waals surface area contributed by atoms with E-state index in [1.807, 2.05) is 12.1 Å². The van der Waals surface area contributed by atoms with Gasteiger partial charge in [0.1, 0.15) is 5.76 Å². The zero-order valence-corrected chi connectivity index (χ0v) is 5.00. The first kappa shape index (κ1) is 5.90. The highest BCUT2D eigenvalue weighted by Gasteiger charge is 1.94. The van der Waals surface area contributed by atoms with Gasteiger partial charge in [-0.05, 0) is 12.1 Å². The molecule has 0 aliphatic carbocycles. The van der Waals surface area contributed by atoms with E-state index in [9.17, 15) is 0 Å². The van der Waals surface area contributed by atoms with Crippen LogP contribution in [-0.2, 0) is 6.42 Å². The maximum atomic E-state index is 6.49. The third-order valence-corrected chi connectivity index (χ3v) is 1.05. The predicted molar refractivity (Wildman–Crippen MR) is 33.9 cm³/mol. The standard InChI is InChI=1S/C7H7NO/c1-8-5-4-7-3-2-6-9-7/h2-3,6H,4-5H2. The lowest BCUT2D eigenvalue weighted by molar-refractivity contribution is 0.514. The Balaban J connectivity index is 2.41. The van der Waals surface area contributed by atoms with Crippen molar-refractivity contribution in [2.75, 3.05) is 6.54 Å². The number of rotatable bonds is 2. The van der Waals surface area contributed by atoms with Crippen molar-refractivity contribution in [2.45, 2.75) is 6.42 Å². The number of furan rings is 1. The Bertz CT molecular complexity index is 195. The molecule has 2 nitrogen and oxygen atoms in total. The van der Waals surface area contributed by atoms with Crippen LogP contribution >= 0.6 is 0 Å². The van der Waals surface area contributed by atoms with Crippen molar-refractivity contribution in [1.29, 1.82) is 0 Å². The smallest absolute Gasteiger partial charge is 0.221 e. The molecule has 0 N–H and O–H groups in total. The van der Waals surface area contributed by atoms with Gasteiger partial charge >= 0.3 is 0 Å². The van der Waals surface area contributed by atoms with Gasteiger partial charge in [0, 0.05) is 0 Å². The fourth-order valence-electron chi connectivity index (χ4n) is 0.621. The molecule has 1 aromatic rings. The molecular formula is C7H7NO. The SMILES string of the molecule is [C-]#[N+]CCc1ccco1. The predicted octanol–water partition coefficient (Wildman–Crippen LogP) is 1.74. The molecule has 0 amide bonds. The van der Waals surface area contributed by atoms with Gasteiger partial charge in [0.25, 0.3) is 0 Å². The third-order valence-electron chi connectivity index (χ3n) is 1.05. The Kier molecular flexibility index (Phi) is 1.92. The highest BCUT2D eigenvalue weighted by Crippen LogP contribution is 1.99. The Labute approximate surface area is 53.9 Å². The summed E-state index contributed by atoms with van der Waals surface area (Å²) in [5.41, 5.74) is 0. The van der Waals surface area contributed by atoms with Crippen LogP contribution < -0.4 is 0 Å². The normalized spacial score (nSPS) is 8.78. The molecule has 0 aromatic carbocycles. The van der Waals surface area contributed by atoms with Crippen LogP contribution in [0.1, 0.15) is 5.76 Å².